The molecule has 1 aliphatic rings. The number of methoxy groups -OCH3 is 1. The van der Waals surface area contributed by atoms with Gasteiger partial charge in [-0.1, -0.05) is 42.5 Å². The van der Waals surface area contributed by atoms with E-state index in [1.165, 1.54) is 22.8 Å². The second-order valence-corrected chi connectivity index (χ2v) is 19.6. The molecule has 0 spiro atoms. The van der Waals surface area contributed by atoms with Crippen molar-refractivity contribution in [2.75, 3.05) is 143 Å². The van der Waals surface area contributed by atoms with Crippen molar-refractivity contribution >= 4 is 17.1 Å². The van der Waals surface area contributed by atoms with Crippen molar-refractivity contribution in [3.63, 3.8) is 0 Å². The summed E-state index contributed by atoms with van der Waals surface area (Å²) in [6.45, 7) is 27.1. The highest BCUT2D eigenvalue weighted by atomic mass is 16.7. The fourth-order valence-corrected chi connectivity index (χ4v) is 6.37. The molecule has 27 heteroatoms. The SMILES string of the molecule is CCOC(CCCN)OCC.CCOC(CCN)OCC.CCOC(CN)OCC.COCCCCN.Cc1ccc(CN)cc1C.NCCCCO.NCCCO.NCCO.NCc1ccc2c(c1)OCO2.Nc1ccc(O)cc1.Nc1cccc(O)c1.Nc1ccccc1O. The van der Waals surface area contributed by atoms with Crippen molar-refractivity contribution in [2.24, 2.45) is 51.6 Å². The number of phenols is 3. The van der Waals surface area contributed by atoms with E-state index in [1.807, 2.05) is 59.7 Å². The Kier molecular flexibility index (Phi) is 84.4. The van der Waals surface area contributed by atoms with Crippen LogP contribution in [0.15, 0.2) is 109 Å². The van der Waals surface area contributed by atoms with Gasteiger partial charge in [0.1, 0.15) is 17.2 Å². The van der Waals surface area contributed by atoms with Crippen molar-refractivity contribution in [1.29, 1.82) is 0 Å². The Morgan fingerprint density at radius 2 is 0.887 bits per heavy atom. The lowest BCUT2D eigenvalue weighted by atomic mass is 10.1. The first-order chi connectivity index (χ1) is 46.7. The fraction of sp³-hybridized carbons (Fsp3) is 0.571. The first kappa shape index (κ1) is 102. The van der Waals surface area contributed by atoms with Gasteiger partial charge in [-0.15, -0.1) is 0 Å². The minimum atomic E-state index is -0.208. The van der Waals surface area contributed by atoms with E-state index in [0.717, 1.165) is 81.6 Å². The van der Waals surface area contributed by atoms with Gasteiger partial charge >= 0.3 is 0 Å². The van der Waals surface area contributed by atoms with Crippen molar-refractivity contribution in [2.45, 2.75) is 139 Å². The summed E-state index contributed by atoms with van der Waals surface area (Å²) in [5, 5.41) is 50.1. The van der Waals surface area contributed by atoms with E-state index >= 15 is 0 Å². The average molecular weight is 1380 g/mol. The van der Waals surface area contributed by atoms with E-state index in [4.69, 9.17) is 142 Å². The zero-order valence-electron chi connectivity index (χ0n) is 60.2. The number of unbranched alkanes of at least 4 members (excludes halogenated alkanes) is 2. The van der Waals surface area contributed by atoms with Gasteiger partial charge in [0.15, 0.2) is 30.4 Å². The van der Waals surface area contributed by atoms with Crippen LogP contribution in [0.25, 0.3) is 0 Å². The van der Waals surface area contributed by atoms with Gasteiger partial charge in [0, 0.05) is 117 Å². The van der Waals surface area contributed by atoms with Crippen LogP contribution in [0.5, 0.6) is 28.7 Å². The normalized spacial score (nSPS) is 10.1. The number of hydrogen-bond donors (Lipinski definition) is 18. The molecule has 0 saturated heterocycles. The number of hydrogen-bond acceptors (Lipinski definition) is 27. The third-order valence-corrected chi connectivity index (χ3v) is 11.4. The molecule has 5 aromatic carbocycles. The van der Waals surface area contributed by atoms with Crippen LogP contribution in [-0.2, 0) is 46.2 Å². The first-order valence-electron chi connectivity index (χ1n) is 33.1. The Morgan fingerprint density at radius 1 is 0.412 bits per heavy atom. The highest BCUT2D eigenvalue weighted by molar-refractivity contribution is 5.50. The molecule has 27 nitrogen and oxygen atoms in total. The molecule has 6 rings (SSSR count). The van der Waals surface area contributed by atoms with E-state index in [2.05, 4.69) is 32.0 Å². The molecule has 30 N–H and O–H groups in total. The Balaban J connectivity index is -0.000000235. The highest BCUT2D eigenvalue weighted by Gasteiger charge is 2.12. The van der Waals surface area contributed by atoms with Crippen molar-refractivity contribution in [1.82, 2.24) is 0 Å². The summed E-state index contributed by atoms with van der Waals surface area (Å²) in [5.74, 6) is 2.21. The largest absolute Gasteiger partial charge is 0.508 e. The number of phenolic OH excluding ortho intramolecular Hbond substituents is 3. The molecule has 1 heterocycles. The highest BCUT2D eigenvalue weighted by Crippen LogP contribution is 2.32. The molecule has 5 aromatic rings. The van der Waals surface area contributed by atoms with Gasteiger partial charge < -0.3 is 142 Å². The number of benzene rings is 5. The number of aryl methyl sites for hydroxylation is 2. The van der Waals surface area contributed by atoms with Gasteiger partial charge in [-0.3, -0.25) is 0 Å². The quantitative estimate of drug-likeness (QED) is 0.00809. The molecule has 0 saturated carbocycles. The minimum Gasteiger partial charge on any atom is -0.508 e. The third-order valence-electron chi connectivity index (χ3n) is 11.4. The van der Waals surface area contributed by atoms with Crippen LogP contribution in [0.4, 0.5) is 17.1 Å². The van der Waals surface area contributed by atoms with Crippen molar-refractivity contribution in [3.8, 4) is 28.7 Å². The van der Waals surface area contributed by atoms with Crippen molar-refractivity contribution in [3.05, 3.63) is 131 Å². The lowest BCUT2D eigenvalue weighted by Gasteiger charge is -2.15. The summed E-state index contributed by atoms with van der Waals surface area (Å²) in [5.41, 5.74) is 69.5. The number of fused-ring (bicyclic) bond motifs is 1. The number of aromatic hydroxyl groups is 3. The van der Waals surface area contributed by atoms with Crippen LogP contribution in [0.3, 0.4) is 0 Å². The van der Waals surface area contributed by atoms with E-state index in [9.17, 15) is 0 Å². The Labute approximate surface area is 581 Å². The van der Waals surface area contributed by atoms with Crippen LogP contribution < -0.4 is 78.3 Å². The summed E-state index contributed by atoms with van der Waals surface area (Å²) in [6, 6.07) is 31.6. The van der Waals surface area contributed by atoms with Crippen LogP contribution >= 0.6 is 0 Å². The lowest BCUT2D eigenvalue weighted by Crippen LogP contribution is -2.26. The molecule has 0 aromatic heterocycles. The van der Waals surface area contributed by atoms with Crippen LogP contribution in [0.1, 0.15) is 115 Å². The topological polar surface area (TPSA) is 517 Å². The van der Waals surface area contributed by atoms with E-state index < -0.39 is 0 Å². The van der Waals surface area contributed by atoms with Gasteiger partial charge in [-0.25, -0.2) is 0 Å². The van der Waals surface area contributed by atoms with E-state index in [0.29, 0.717) is 116 Å². The number of aliphatic hydroxyl groups excluding tert-OH is 3. The molecule has 0 aliphatic carbocycles. The predicted molar refractivity (Wildman–Crippen MR) is 396 cm³/mol. The molecule has 0 radical (unpaired) electrons. The molecule has 564 valence electrons. The van der Waals surface area contributed by atoms with Gasteiger partial charge in [-0.2, -0.15) is 0 Å². The molecule has 0 atom stereocenters. The van der Waals surface area contributed by atoms with Crippen LogP contribution in [0.2, 0.25) is 0 Å². The number of para-hydroxylation sites is 2. The van der Waals surface area contributed by atoms with Crippen LogP contribution in [-0.4, -0.2) is 175 Å². The third kappa shape index (κ3) is 72.3. The number of anilines is 3. The smallest absolute Gasteiger partial charge is 0.231 e. The zero-order chi connectivity index (χ0) is 74.6. The molecular formula is C70H134N12O15. The van der Waals surface area contributed by atoms with Crippen LogP contribution in [0, 0.1) is 13.8 Å². The Morgan fingerprint density at radius 3 is 1.25 bits per heavy atom. The summed E-state index contributed by atoms with van der Waals surface area (Å²) >= 11 is 0. The van der Waals surface area contributed by atoms with Gasteiger partial charge in [0.2, 0.25) is 6.79 Å². The maximum absolute atomic E-state index is 8.79. The summed E-state index contributed by atoms with van der Waals surface area (Å²) in [6.07, 6.45) is 6.96. The molecule has 0 amide bonds. The molecule has 1 aliphatic heterocycles. The molecule has 0 fully saturated rings. The number of rotatable bonds is 30. The lowest BCUT2D eigenvalue weighted by molar-refractivity contribution is -0.139. The van der Waals surface area contributed by atoms with Gasteiger partial charge in [-0.05, 0) is 216 Å². The average Bonchev–Trinajstić information content (AvgIpc) is 1.77. The Bertz CT molecular complexity index is 2270. The summed E-state index contributed by atoms with van der Waals surface area (Å²) in [7, 11) is 1.70. The molecule has 0 unspecified atom stereocenters. The number of aliphatic hydroxyl groups is 3. The van der Waals surface area contributed by atoms with E-state index in [1.54, 1.807) is 73.8 Å². The number of nitrogen functional groups attached to an aromatic ring is 3. The number of nitrogens with two attached hydrogens (primary N) is 12. The second-order valence-electron chi connectivity index (χ2n) is 19.6. The van der Waals surface area contributed by atoms with E-state index in [-0.39, 0.29) is 55.9 Å². The zero-order valence-corrected chi connectivity index (χ0v) is 60.2. The standard InChI is InChI=1S/C9H13N.C8H9NO2.C8H19NO2.C7H17NO2.C6H15NO2.3C6H7NO.C5H13NO.C4H11NO.C3H9NO.C2H7NO/c1-7-3-4-9(6-10)5-8(7)2;9-4-6-1-2-7-8(3-6)11-5-10-7;1-3-10-8(11-4-2)6-5-7-9;1-3-9-7(5-6-8)10-4-2;1-3-8-6(5-7)9-4-2;7-5-1-3-6(8)4-2-5;7-5-2-1-3-6(8)4-5;7-5-3-1-2-4-6(5)8;1-7-5-3-2-4-6;5-3-1-2-4-6;4-2-1-3-5;3-1-2-4/h3-5H,6,10H2,1-2H3;1-3H,4-5,9H2;8H,3-7,9H2,1-2H3;7H,3-6,8H2,1-2H3;6H,3-5,7H2,1-2H3;3*1-4,8H,7H2;2-6H2,1H3;6H,1-5H2;5H,1-4H2;4H,1-3H2. The van der Waals surface area contributed by atoms with Crippen molar-refractivity contribution < 1.29 is 73.3 Å². The Hall–Kier alpha value is -6.26. The molecule has 0 bridgehead atoms. The van der Waals surface area contributed by atoms with Gasteiger partial charge in [0.05, 0.1) is 12.3 Å². The summed E-state index contributed by atoms with van der Waals surface area (Å²) in [4.78, 5) is 0. The maximum atomic E-state index is 8.79. The predicted octanol–water partition coefficient (Wildman–Crippen LogP) is 6.12. The fourth-order valence-electron chi connectivity index (χ4n) is 6.37. The monoisotopic (exact) mass is 1380 g/mol. The summed E-state index contributed by atoms with van der Waals surface area (Å²) < 4.78 is 46.3. The molecular weight excluding hydrogens is 1250 g/mol. The van der Waals surface area contributed by atoms with Gasteiger partial charge in [0.25, 0.3) is 0 Å². The minimum absolute atomic E-state index is 0.0476. The maximum Gasteiger partial charge on any atom is 0.231 e. The molecule has 97 heavy (non-hydrogen) atoms. The number of ether oxygens (including phenoxy) is 9. The second kappa shape index (κ2) is 80.4. The first-order valence-corrected chi connectivity index (χ1v) is 33.1.